The van der Waals surface area contributed by atoms with Gasteiger partial charge in [0.2, 0.25) is 11.8 Å². The Bertz CT molecular complexity index is 981. The van der Waals surface area contributed by atoms with Gasteiger partial charge in [0.25, 0.3) is 0 Å². The highest BCUT2D eigenvalue weighted by atomic mass is 32.1. The lowest BCUT2D eigenvalue weighted by Gasteiger charge is -2.29. The molecular weight excluding hydrogens is 406 g/mol. The number of rotatable bonds is 7. The zero-order valence-corrected chi connectivity index (χ0v) is 18.3. The van der Waals surface area contributed by atoms with Crippen LogP contribution in [0.15, 0.2) is 65.5 Å². The fourth-order valence-corrected chi connectivity index (χ4v) is 4.64. The second-order valence-electron chi connectivity index (χ2n) is 8.01. The number of anilines is 1. The van der Waals surface area contributed by atoms with Crippen LogP contribution >= 0.6 is 11.3 Å². The molecule has 0 spiro atoms. The van der Waals surface area contributed by atoms with E-state index in [1.807, 2.05) is 60.0 Å². The largest absolute Gasteiger partial charge is 0.329 e. The van der Waals surface area contributed by atoms with E-state index in [0.717, 1.165) is 42.5 Å². The maximum Gasteiger partial charge on any atom is 0.244 e. The summed E-state index contributed by atoms with van der Waals surface area (Å²) in [5, 5.41) is 4.93. The number of thiazole rings is 1. The Kier molecular flexibility index (Phi) is 7.10. The summed E-state index contributed by atoms with van der Waals surface area (Å²) in [7, 11) is 0. The molecule has 1 heterocycles. The maximum atomic E-state index is 13.2. The first kappa shape index (κ1) is 21.2. The fraction of sp³-hybridized carbons (Fsp3) is 0.320. The van der Waals surface area contributed by atoms with Crippen LogP contribution in [0.5, 0.6) is 0 Å². The number of carbonyl (C=O) groups is 2. The van der Waals surface area contributed by atoms with Crippen molar-refractivity contribution < 1.29 is 9.59 Å². The molecule has 0 aliphatic heterocycles. The summed E-state index contributed by atoms with van der Waals surface area (Å²) in [4.78, 5) is 32.0. The molecule has 2 aromatic carbocycles. The first-order chi connectivity index (χ1) is 15.2. The molecule has 160 valence electrons. The predicted molar refractivity (Wildman–Crippen MR) is 125 cm³/mol. The molecule has 1 saturated carbocycles. The third-order valence-corrected chi connectivity index (χ3v) is 6.30. The summed E-state index contributed by atoms with van der Waals surface area (Å²) in [6.07, 6.45) is 5.22. The van der Waals surface area contributed by atoms with Gasteiger partial charge in [-0.3, -0.25) is 9.59 Å². The van der Waals surface area contributed by atoms with E-state index in [0.29, 0.717) is 12.2 Å². The van der Waals surface area contributed by atoms with Gasteiger partial charge in [-0.05, 0) is 30.5 Å². The molecule has 2 amide bonds. The van der Waals surface area contributed by atoms with Gasteiger partial charge in [-0.25, -0.2) is 4.98 Å². The third-order valence-electron chi connectivity index (χ3n) is 5.71. The van der Waals surface area contributed by atoms with E-state index in [9.17, 15) is 9.59 Å². The van der Waals surface area contributed by atoms with Crippen molar-refractivity contribution in [2.45, 2.75) is 38.6 Å². The maximum absolute atomic E-state index is 13.2. The topological polar surface area (TPSA) is 62.3 Å². The Morgan fingerprint density at radius 1 is 1.00 bits per heavy atom. The zero-order valence-electron chi connectivity index (χ0n) is 17.5. The molecule has 31 heavy (non-hydrogen) atoms. The molecule has 1 aliphatic carbocycles. The normalized spacial score (nSPS) is 14.2. The summed E-state index contributed by atoms with van der Waals surface area (Å²) in [6.45, 7) is 0.504. The van der Waals surface area contributed by atoms with E-state index in [1.165, 1.54) is 6.42 Å². The van der Waals surface area contributed by atoms with Crippen molar-refractivity contribution in [3.63, 3.8) is 0 Å². The first-order valence-electron chi connectivity index (χ1n) is 10.8. The van der Waals surface area contributed by atoms with Crippen molar-refractivity contribution in [2.24, 2.45) is 5.92 Å². The predicted octanol–water partition coefficient (Wildman–Crippen LogP) is 5.36. The molecule has 4 rings (SSSR count). The first-order valence-corrected chi connectivity index (χ1v) is 11.7. The number of nitrogens with one attached hydrogen (secondary N) is 1. The lowest BCUT2D eigenvalue weighted by Crippen LogP contribution is -2.41. The van der Waals surface area contributed by atoms with E-state index in [4.69, 9.17) is 0 Å². The van der Waals surface area contributed by atoms with E-state index < -0.39 is 0 Å². The van der Waals surface area contributed by atoms with Gasteiger partial charge in [-0.2, -0.15) is 0 Å². The van der Waals surface area contributed by atoms with Crippen LogP contribution in [0.1, 0.15) is 37.7 Å². The van der Waals surface area contributed by atoms with Gasteiger partial charge in [-0.15, -0.1) is 11.3 Å². The summed E-state index contributed by atoms with van der Waals surface area (Å²) in [5.74, 6) is -0.0539. The van der Waals surface area contributed by atoms with Gasteiger partial charge in [0.05, 0.1) is 11.2 Å². The van der Waals surface area contributed by atoms with Crippen LogP contribution < -0.4 is 5.32 Å². The molecule has 0 radical (unpaired) electrons. The van der Waals surface area contributed by atoms with Crippen LogP contribution in [0, 0.1) is 5.92 Å². The highest BCUT2D eigenvalue weighted by molar-refractivity contribution is 7.07. The highest BCUT2D eigenvalue weighted by Gasteiger charge is 2.27. The molecular formula is C25H27N3O2S. The SMILES string of the molecule is O=C(CN(Cc1ccccc1)C(=O)C1CCCCC1)Nc1ccc(-c2cscn2)cc1. The number of carbonyl (C=O) groups excluding carboxylic acids is 2. The summed E-state index contributed by atoms with van der Waals surface area (Å²) >= 11 is 1.55. The molecule has 1 aliphatic rings. The van der Waals surface area contributed by atoms with E-state index in [-0.39, 0.29) is 24.3 Å². The van der Waals surface area contributed by atoms with Gasteiger partial charge in [-0.1, -0.05) is 61.7 Å². The quantitative estimate of drug-likeness (QED) is 0.546. The van der Waals surface area contributed by atoms with Crippen molar-refractivity contribution in [3.8, 4) is 11.3 Å². The van der Waals surface area contributed by atoms with Crippen LogP contribution in [0.25, 0.3) is 11.3 Å². The van der Waals surface area contributed by atoms with Crippen LogP contribution in [0.4, 0.5) is 5.69 Å². The second kappa shape index (κ2) is 10.4. The molecule has 0 unspecified atom stereocenters. The molecule has 5 nitrogen and oxygen atoms in total. The standard InChI is InChI=1S/C25H27N3O2S/c29-24(27-22-13-11-20(12-14-22)23-17-31-18-26-23)16-28(15-19-7-3-1-4-8-19)25(30)21-9-5-2-6-10-21/h1,3-4,7-8,11-14,17-18,21H,2,5-6,9-10,15-16H2,(H,27,29). The third kappa shape index (κ3) is 5.79. The van der Waals surface area contributed by atoms with E-state index in [1.54, 1.807) is 21.7 Å². The number of benzene rings is 2. The average Bonchev–Trinajstić information content (AvgIpc) is 3.35. The number of aromatic nitrogens is 1. The Hall–Kier alpha value is -2.99. The molecule has 1 fully saturated rings. The summed E-state index contributed by atoms with van der Waals surface area (Å²) < 4.78 is 0. The molecule has 1 aromatic heterocycles. The molecule has 0 bridgehead atoms. The van der Waals surface area contributed by atoms with E-state index in [2.05, 4.69) is 10.3 Å². The minimum absolute atomic E-state index is 0.0302. The van der Waals surface area contributed by atoms with Crippen LogP contribution in [0.3, 0.4) is 0 Å². The smallest absolute Gasteiger partial charge is 0.244 e. The van der Waals surface area contributed by atoms with Gasteiger partial charge in [0.15, 0.2) is 0 Å². The Morgan fingerprint density at radius 3 is 2.42 bits per heavy atom. The van der Waals surface area contributed by atoms with Crippen molar-refractivity contribution in [2.75, 3.05) is 11.9 Å². The average molecular weight is 434 g/mol. The molecule has 1 N–H and O–H groups in total. The minimum atomic E-state index is -0.179. The van der Waals surface area contributed by atoms with Crippen LogP contribution in [-0.4, -0.2) is 28.2 Å². The van der Waals surface area contributed by atoms with Gasteiger partial charge >= 0.3 is 0 Å². The van der Waals surface area contributed by atoms with Gasteiger partial charge < -0.3 is 10.2 Å². The lowest BCUT2D eigenvalue weighted by atomic mass is 9.88. The number of hydrogen-bond acceptors (Lipinski definition) is 4. The second-order valence-corrected chi connectivity index (χ2v) is 8.73. The molecule has 0 saturated heterocycles. The lowest BCUT2D eigenvalue weighted by molar-refractivity contribution is -0.139. The van der Waals surface area contributed by atoms with Crippen LogP contribution in [0.2, 0.25) is 0 Å². The molecule has 3 aromatic rings. The highest BCUT2D eigenvalue weighted by Crippen LogP contribution is 2.26. The Balaban J connectivity index is 1.42. The zero-order chi connectivity index (χ0) is 21.5. The van der Waals surface area contributed by atoms with Gasteiger partial charge in [0.1, 0.15) is 6.54 Å². The Morgan fingerprint density at radius 2 is 1.74 bits per heavy atom. The molecule has 0 atom stereocenters. The van der Waals surface area contributed by atoms with Gasteiger partial charge in [0, 0.05) is 29.1 Å². The number of amides is 2. The van der Waals surface area contributed by atoms with Crippen LogP contribution in [-0.2, 0) is 16.1 Å². The molecule has 6 heteroatoms. The van der Waals surface area contributed by atoms with E-state index >= 15 is 0 Å². The Labute approximate surface area is 187 Å². The monoisotopic (exact) mass is 433 g/mol. The summed E-state index contributed by atoms with van der Waals surface area (Å²) in [6, 6.07) is 17.5. The fourth-order valence-electron chi connectivity index (χ4n) is 4.08. The number of nitrogens with zero attached hydrogens (tertiary/aromatic N) is 2. The van der Waals surface area contributed by atoms with Crippen molar-refractivity contribution in [1.29, 1.82) is 0 Å². The minimum Gasteiger partial charge on any atom is -0.329 e. The van der Waals surface area contributed by atoms with Crippen molar-refractivity contribution >= 4 is 28.8 Å². The number of hydrogen-bond donors (Lipinski definition) is 1. The summed E-state index contributed by atoms with van der Waals surface area (Å²) in [5.41, 5.74) is 5.49. The van der Waals surface area contributed by atoms with Crippen molar-refractivity contribution in [3.05, 3.63) is 71.1 Å². The van der Waals surface area contributed by atoms with Crippen molar-refractivity contribution in [1.82, 2.24) is 9.88 Å².